The van der Waals surface area contributed by atoms with Gasteiger partial charge in [-0.05, 0) is 49.2 Å². The van der Waals surface area contributed by atoms with Gasteiger partial charge in [-0.25, -0.2) is 9.78 Å². The molecule has 3 aromatic rings. The van der Waals surface area contributed by atoms with E-state index >= 15 is 0 Å². The number of aliphatic hydroxyl groups is 4. The van der Waals surface area contributed by atoms with E-state index in [9.17, 15) is 30.0 Å². The van der Waals surface area contributed by atoms with Gasteiger partial charge in [0.15, 0.2) is 6.29 Å². The lowest BCUT2D eigenvalue weighted by molar-refractivity contribution is -0.302. The van der Waals surface area contributed by atoms with Crippen LogP contribution in [-0.4, -0.2) is 97.9 Å². The number of hydrogen-bond acceptors (Lipinski definition) is 10. The normalized spacial score (nSPS) is 26.8. The first-order valence-electron chi connectivity index (χ1n) is 12.6. The molecule has 2 saturated heterocycles. The Labute approximate surface area is 237 Å². The maximum atomic E-state index is 13.2. The molecule has 5 rings (SSSR count). The second-order valence-electron chi connectivity index (χ2n) is 9.60. The van der Waals surface area contributed by atoms with Crippen molar-refractivity contribution in [3.63, 3.8) is 0 Å². The number of aromatic nitrogens is 2. The average Bonchev–Trinajstić information content (AvgIpc) is 3.41. The van der Waals surface area contributed by atoms with Crippen LogP contribution in [0.4, 0.5) is 4.79 Å². The number of halogens is 2. The molecule has 2 fully saturated rings. The van der Waals surface area contributed by atoms with E-state index in [1.54, 1.807) is 12.1 Å². The van der Waals surface area contributed by atoms with Crippen molar-refractivity contribution in [1.82, 2.24) is 14.9 Å². The number of carbonyl (C=O) groups is 1. The molecule has 214 valence electrons. The van der Waals surface area contributed by atoms with Crippen molar-refractivity contribution < 1.29 is 39.4 Å². The number of H-pyrrole nitrogens is 1. The second-order valence-corrected chi connectivity index (χ2v) is 10.5. The van der Waals surface area contributed by atoms with Gasteiger partial charge in [0.25, 0.3) is 5.56 Å². The molecule has 14 heteroatoms. The van der Waals surface area contributed by atoms with Crippen molar-refractivity contribution in [3.05, 3.63) is 56.8 Å². The van der Waals surface area contributed by atoms with Gasteiger partial charge in [-0.1, -0.05) is 23.2 Å². The molecule has 0 radical (unpaired) electrons. The predicted octanol–water partition coefficient (Wildman–Crippen LogP) is 1.68. The molecule has 0 spiro atoms. The Hall–Kier alpha value is -2.81. The minimum absolute atomic E-state index is 0.0621. The van der Waals surface area contributed by atoms with E-state index in [4.69, 9.17) is 37.4 Å². The lowest BCUT2D eigenvalue weighted by Gasteiger charge is -2.40. The summed E-state index contributed by atoms with van der Waals surface area (Å²) in [7, 11) is 0. The number of likely N-dealkylation sites (tertiary alicyclic amines) is 1. The quantitative estimate of drug-likeness (QED) is 0.282. The number of hydrogen-bond donors (Lipinski definition) is 5. The summed E-state index contributed by atoms with van der Waals surface area (Å²) in [4.78, 5) is 34.6. The maximum absolute atomic E-state index is 13.2. The molecule has 40 heavy (non-hydrogen) atoms. The third kappa shape index (κ3) is 5.80. The minimum atomic E-state index is -1.57. The number of aromatic amines is 1. The van der Waals surface area contributed by atoms with Crippen LogP contribution in [0, 0.1) is 0 Å². The highest BCUT2D eigenvalue weighted by molar-refractivity contribution is 6.31. The zero-order valence-electron chi connectivity index (χ0n) is 20.9. The van der Waals surface area contributed by atoms with E-state index in [-0.39, 0.29) is 18.2 Å². The summed E-state index contributed by atoms with van der Waals surface area (Å²) >= 11 is 12.2. The van der Waals surface area contributed by atoms with Gasteiger partial charge in [-0.2, -0.15) is 0 Å². The SMILES string of the molecule is O=C(Oc1ccc(Cl)cc1-c1nc2ccc(Cl)cc2c(=O)[nH]1)N1CCC[C@H]1CO[C@@H]1O[C@H](CO)[C@H](O)[C@H](O)[C@H]1O. The van der Waals surface area contributed by atoms with Crippen LogP contribution < -0.4 is 10.3 Å². The number of carbonyl (C=O) groups excluding carboxylic acids is 1. The van der Waals surface area contributed by atoms with E-state index in [2.05, 4.69) is 9.97 Å². The van der Waals surface area contributed by atoms with E-state index in [0.717, 1.165) is 0 Å². The molecule has 6 atom stereocenters. The van der Waals surface area contributed by atoms with Gasteiger partial charge in [0, 0.05) is 16.6 Å². The monoisotopic (exact) mass is 595 g/mol. The van der Waals surface area contributed by atoms with Gasteiger partial charge in [0.05, 0.1) is 35.7 Å². The van der Waals surface area contributed by atoms with Crippen LogP contribution in [-0.2, 0) is 9.47 Å². The smallest absolute Gasteiger partial charge is 0.409 e. The number of amides is 1. The van der Waals surface area contributed by atoms with Gasteiger partial charge >= 0.3 is 6.09 Å². The highest BCUT2D eigenvalue weighted by Gasteiger charge is 2.44. The van der Waals surface area contributed by atoms with E-state index < -0.39 is 55.0 Å². The fourth-order valence-electron chi connectivity index (χ4n) is 4.83. The van der Waals surface area contributed by atoms with Crippen molar-refractivity contribution >= 4 is 40.2 Å². The Morgan fingerprint density at radius 1 is 1.10 bits per heavy atom. The number of fused-ring (bicyclic) bond motifs is 1. The van der Waals surface area contributed by atoms with E-state index in [0.29, 0.717) is 45.9 Å². The zero-order valence-corrected chi connectivity index (χ0v) is 22.5. The van der Waals surface area contributed by atoms with E-state index in [1.807, 2.05) is 0 Å². The molecular formula is C26H27Cl2N3O9. The van der Waals surface area contributed by atoms with E-state index in [1.165, 1.54) is 29.2 Å². The number of nitrogens with one attached hydrogen (secondary N) is 1. The third-order valence-corrected chi connectivity index (χ3v) is 7.44. The molecule has 0 aliphatic carbocycles. The highest BCUT2D eigenvalue weighted by atomic mass is 35.5. The molecule has 5 N–H and O–H groups in total. The minimum Gasteiger partial charge on any atom is -0.409 e. The Balaban J connectivity index is 1.32. The van der Waals surface area contributed by atoms with Crippen molar-refractivity contribution in [3.8, 4) is 17.1 Å². The number of benzene rings is 2. The fourth-order valence-corrected chi connectivity index (χ4v) is 5.17. The van der Waals surface area contributed by atoms with Crippen molar-refractivity contribution in [1.29, 1.82) is 0 Å². The molecule has 2 aromatic carbocycles. The molecule has 2 aliphatic heterocycles. The van der Waals surface area contributed by atoms with Crippen LogP contribution in [0.3, 0.4) is 0 Å². The highest BCUT2D eigenvalue weighted by Crippen LogP contribution is 2.32. The standard InChI is InChI=1S/C26H27Cl2N3O9/c27-12-3-5-17-15(8-12)24(36)30-23(29-17)16-9-13(28)4-6-18(16)40-26(37)31-7-1-2-14(31)11-38-25-22(35)21(34)20(33)19(10-32)39-25/h3-6,8-9,14,19-22,25,32-35H,1-2,7,10-11H2,(H,29,30,36)/t14-,19+,20-,21-,22+,25+/m0/s1. The number of nitrogens with zero attached hydrogens (tertiary/aromatic N) is 2. The third-order valence-electron chi connectivity index (χ3n) is 6.97. The van der Waals surface area contributed by atoms with Crippen LogP contribution >= 0.6 is 23.2 Å². The lowest BCUT2D eigenvalue weighted by Crippen LogP contribution is -2.59. The van der Waals surface area contributed by atoms with Crippen LogP contribution in [0.2, 0.25) is 10.0 Å². The fraction of sp³-hybridized carbons (Fsp3) is 0.423. The molecule has 12 nitrogen and oxygen atoms in total. The molecule has 0 bridgehead atoms. The van der Waals surface area contributed by atoms with Crippen LogP contribution in [0.5, 0.6) is 5.75 Å². The summed E-state index contributed by atoms with van der Waals surface area (Å²) in [6.07, 6.45) is -6.50. The van der Waals surface area contributed by atoms with Gasteiger partial charge in [0.1, 0.15) is 36.0 Å². The molecule has 0 unspecified atom stereocenters. The van der Waals surface area contributed by atoms with Crippen LogP contribution in [0.25, 0.3) is 22.3 Å². The second kappa shape index (κ2) is 12.0. The first-order valence-corrected chi connectivity index (χ1v) is 13.3. The lowest BCUT2D eigenvalue weighted by atomic mass is 9.99. The summed E-state index contributed by atoms with van der Waals surface area (Å²) in [5.41, 5.74) is 0.262. The van der Waals surface area contributed by atoms with Crippen molar-refractivity contribution in [2.45, 2.75) is 49.6 Å². The number of rotatable bonds is 6. The molecular weight excluding hydrogens is 569 g/mol. The number of aliphatic hydroxyl groups excluding tert-OH is 4. The largest absolute Gasteiger partial charge is 0.415 e. The summed E-state index contributed by atoms with van der Waals surface area (Å²) in [6, 6.07) is 8.83. The number of ether oxygens (including phenoxy) is 3. The molecule has 3 heterocycles. The first kappa shape index (κ1) is 28.7. The summed E-state index contributed by atoms with van der Waals surface area (Å²) in [6.45, 7) is -0.273. The van der Waals surface area contributed by atoms with Crippen molar-refractivity contribution in [2.75, 3.05) is 19.8 Å². The Morgan fingerprint density at radius 3 is 2.62 bits per heavy atom. The van der Waals surface area contributed by atoms with Crippen LogP contribution in [0.1, 0.15) is 12.8 Å². The Morgan fingerprint density at radius 2 is 1.85 bits per heavy atom. The van der Waals surface area contributed by atoms with Gasteiger partial charge < -0.3 is 44.5 Å². The summed E-state index contributed by atoms with van der Waals surface area (Å²) in [5.74, 6) is 0.264. The van der Waals surface area contributed by atoms with Crippen LogP contribution in [0.15, 0.2) is 41.2 Å². The topological polar surface area (TPSA) is 175 Å². The summed E-state index contributed by atoms with van der Waals surface area (Å²) < 4.78 is 16.8. The molecule has 1 aromatic heterocycles. The van der Waals surface area contributed by atoms with Gasteiger partial charge in [0.2, 0.25) is 0 Å². The molecule has 1 amide bonds. The van der Waals surface area contributed by atoms with Gasteiger partial charge in [-0.3, -0.25) is 4.79 Å². The zero-order chi connectivity index (χ0) is 28.6. The maximum Gasteiger partial charge on any atom is 0.415 e. The predicted molar refractivity (Wildman–Crippen MR) is 143 cm³/mol. The molecule has 0 saturated carbocycles. The molecule has 2 aliphatic rings. The summed E-state index contributed by atoms with van der Waals surface area (Å²) in [5, 5.41) is 40.6. The Bertz CT molecular complexity index is 1450. The average molecular weight is 596 g/mol. The van der Waals surface area contributed by atoms with Gasteiger partial charge in [-0.15, -0.1) is 0 Å². The van der Waals surface area contributed by atoms with Crippen molar-refractivity contribution in [2.24, 2.45) is 0 Å². The Kier molecular flexibility index (Phi) is 8.59. The first-order chi connectivity index (χ1) is 19.2.